The lowest BCUT2D eigenvalue weighted by atomic mass is 10.0. The number of aliphatic hydroxyl groups is 1. The van der Waals surface area contributed by atoms with Crippen LogP contribution < -0.4 is 0 Å². The first-order valence-corrected chi connectivity index (χ1v) is 9.03. The zero-order valence-electron chi connectivity index (χ0n) is 15.7. The van der Waals surface area contributed by atoms with E-state index in [1.807, 2.05) is 37.2 Å². The number of carbonyl (C=O) groups is 1. The third kappa shape index (κ3) is 3.72. The van der Waals surface area contributed by atoms with Crippen molar-refractivity contribution in [2.24, 2.45) is 5.92 Å². The molecule has 1 N–H and O–H groups in total. The second-order valence-electron chi connectivity index (χ2n) is 8.04. The van der Waals surface area contributed by atoms with E-state index in [4.69, 9.17) is 0 Å². The molecule has 25 heavy (non-hydrogen) atoms. The molecule has 136 valence electrons. The Hall–Kier alpha value is -1.85. The van der Waals surface area contributed by atoms with Gasteiger partial charge in [-0.2, -0.15) is 0 Å². The Bertz CT molecular complexity index is 765. The fourth-order valence-electron chi connectivity index (χ4n) is 3.88. The first kappa shape index (κ1) is 18.0. The highest BCUT2D eigenvalue weighted by atomic mass is 16.3. The average Bonchev–Trinajstić information content (AvgIpc) is 3.09. The molecule has 0 saturated carbocycles. The van der Waals surface area contributed by atoms with Crippen molar-refractivity contribution in [3.8, 4) is 0 Å². The smallest absolute Gasteiger partial charge is 0.254 e. The number of likely N-dealkylation sites (tertiary alicyclic amines) is 1. The molecule has 1 aromatic carbocycles. The lowest BCUT2D eigenvalue weighted by Crippen LogP contribution is -2.43. The summed E-state index contributed by atoms with van der Waals surface area (Å²) in [6.07, 6.45) is 2.69. The maximum Gasteiger partial charge on any atom is 0.254 e. The van der Waals surface area contributed by atoms with Gasteiger partial charge < -0.3 is 19.5 Å². The quantitative estimate of drug-likeness (QED) is 0.907. The van der Waals surface area contributed by atoms with Gasteiger partial charge in [0.1, 0.15) is 0 Å². The third-order valence-corrected chi connectivity index (χ3v) is 4.84. The Balaban J connectivity index is 1.85. The molecule has 0 radical (unpaired) electrons. The minimum atomic E-state index is -0.809. The summed E-state index contributed by atoms with van der Waals surface area (Å²) in [5.41, 5.74) is 1.02. The van der Waals surface area contributed by atoms with Gasteiger partial charge >= 0.3 is 0 Å². The Kier molecular flexibility index (Phi) is 4.89. The van der Waals surface area contributed by atoms with Crippen molar-refractivity contribution >= 4 is 16.8 Å². The van der Waals surface area contributed by atoms with Crippen molar-refractivity contribution in [1.82, 2.24) is 14.4 Å². The molecule has 0 unspecified atom stereocenters. The van der Waals surface area contributed by atoms with Gasteiger partial charge in [-0.3, -0.25) is 4.79 Å². The lowest BCUT2D eigenvalue weighted by molar-refractivity contribution is 0.0236. The van der Waals surface area contributed by atoms with Gasteiger partial charge in [-0.05, 0) is 44.6 Å². The van der Waals surface area contributed by atoms with Crippen LogP contribution in [0.2, 0.25) is 0 Å². The van der Waals surface area contributed by atoms with Gasteiger partial charge in [0.25, 0.3) is 5.91 Å². The molecule has 1 atom stereocenters. The number of β-amino-alcohol motifs (C(OH)–C–C–N with tert-alkyl or cyclic N) is 1. The first-order valence-electron chi connectivity index (χ1n) is 9.03. The average molecular weight is 343 g/mol. The highest BCUT2D eigenvalue weighted by Crippen LogP contribution is 2.27. The van der Waals surface area contributed by atoms with Gasteiger partial charge in [0.15, 0.2) is 0 Å². The molecule has 2 aromatic rings. The summed E-state index contributed by atoms with van der Waals surface area (Å²) in [7, 11) is 3.89. The summed E-state index contributed by atoms with van der Waals surface area (Å²) in [6, 6.07) is 7.95. The number of carbonyl (C=O) groups excluding carboxylic acids is 1. The number of aromatic nitrogens is 1. The maximum atomic E-state index is 13.1. The highest BCUT2D eigenvalue weighted by molar-refractivity contribution is 6.06. The molecule has 2 heterocycles. The fraction of sp³-hybridized carbons (Fsp3) is 0.550. The number of amides is 1. The molecule has 1 fully saturated rings. The predicted molar refractivity (Wildman–Crippen MR) is 101 cm³/mol. The molecular weight excluding hydrogens is 314 g/mol. The number of likely N-dealkylation sites (N-methyl/N-ethyl adjacent to an activating group) is 1. The van der Waals surface area contributed by atoms with Crippen LogP contribution in [0.3, 0.4) is 0 Å². The van der Waals surface area contributed by atoms with Crippen molar-refractivity contribution in [2.45, 2.75) is 32.4 Å². The standard InChI is InChI=1S/C20H29N3O2/c1-15(2)12-22-10-8-16-17(6-5-7-18(16)22)19(24)23-11-9-20(25,14-23)13-21(3)4/h5-8,10,15,25H,9,11-14H2,1-4H3/t20-/m1/s1. The molecule has 1 aliphatic rings. The lowest BCUT2D eigenvalue weighted by Gasteiger charge is -2.26. The minimum absolute atomic E-state index is 0.0163. The van der Waals surface area contributed by atoms with Crippen LogP contribution in [0.25, 0.3) is 10.9 Å². The normalized spacial score (nSPS) is 21.0. The number of nitrogens with zero attached hydrogens (tertiary/aromatic N) is 3. The number of hydrogen-bond acceptors (Lipinski definition) is 3. The van der Waals surface area contributed by atoms with Crippen molar-refractivity contribution in [3.63, 3.8) is 0 Å². The number of rotatable bonds is 5. The molecule has 1 aliphatic heterocycles. The maximum absolute atomic E-state index is 13.1. The second-order valence-corrected chi connectivity index (χ2v) is 8.04. The molecule has 0 spiro atoms. The van der Waals surface area contributed by atoms with E-state index in [9.17, 15) is 9.90 Å². The molecular formula is C20H29N3O2. The van der Waals surface area contributed by atoms with E-state index in [0.29, 0.717) is 32.0 Å². The topological polar surface area (TPSA) is 48.7 Å². The SMILES string of the molecule is CC(C)Cn1ccc2c(C(=O)N3CC[C@@](O)(CN(C)C)C3)cccc21. The number of benzene rings is 1. The van der Waals surface area contributed by atoms with Gasteiger partial charge in [0.2, 0.25) is 0 Å². The third-order valence-electron chi connectivity index (χ3n) is 4.84. The van der Waals surface area contributed by atoms with Gasteiger partial charge in [0.05, 0.1) is 12.1 Å². The zero-order valence-corrected chi connectivity index (χ0v) is 15.7. The van der Waals surface area contributed by atoms with E-state index in [0.717, 1.165) is 23.0 Å². The predicted octanol–water partition coefficient (Wildman–Crippen LogP) is 2.44. The number of hydrogen-bond donors (Lipinski definition) is 1. The van der Waals surface area contributed by atoms with Crippen LogP contribution in [-0.2, 0) is 6.54 Å². The van der Waals surface area contributed by atoms with E-state index in [2.05, 4.69) is 30.7 Å². The van der Waals surface area contributed by atoms with E-state index >= 15 is 0 Å². The van der Waals surface area contributed by atoms with E-state index < -0.39 is 5.60 Å². The van der Waals surface area contributed by atoms with Crippen LogP contribution in [0.5, 0.6) is 0 Å². The molecule has 5 heteroatoms. The summed E-state index contributed by atoms with van der Waals surface area (Å²) in [4.78, 5) is 16.8. The zero-order chi connectivity index (χ0) is 18.2. The van der Waals surface area contributed by atoms with Crippen molar-refractivity contribution in [2.75, 3.05) is 33.7 Å². The van der Waals surface area contributed by atoms with Crippen molar-refractivity contribution in [3.05, 3.63) is 36.0 Å². The molecule has 5 nitrogen and oxygen atoms in total. The van der Waals surface area contributed by atoms with Crippen LogP contribution in [0.1, 0.15) is 30.6 Å². The molecule has 0 aliphatic carbocycles. The largest absolute Gasteiger partial charge is 0.387 e. The number of fused-ring (bicyclic) bond motifs is 1. The summed E-state index contributed by atoms with van der Waals surface area (Å²) in [6.45, 7) is 6.89. The molecule has 1 aromatic heterocycles. The van der Waals surface area contributed by atoms with Gasteiger partial charge in [-0.25, -0.2) is 0 Å². The van der Waals surface area contributed by atoms with E-state index in [-0.39, 0.29) is 5.91 Å². The molecule has 3 rings (SSSR count). The van der Waals surface area contributed by atoms with Crippen molar-refractivity contribution < 1.29 is 9.90 Å². The van der Waals surface area contributed by atoms with Crippen LogP contribution in [0.15, 0.2) is 30.5 Å². The van der Waals surface area contributed by atoms with Gasteiger partial charge in [-0.1, -0.05) is 19.9 Å². The summed E-state index contributed by atoms with van der Waals surface area (Å²) in [5, 5.41) is 11.7. The van der Waals surface area contributed by atoms with Crippen LogP contribution in [-0.4, -0.2) is 64.7 Å². The first-order chi connectivity index (χ1) is 11.8. The minimum Gasteiger partial charge on any atom is -0.387 e. The fourth-order valence-corrected chi connectivity index (χ4v) is 3.88. The second kappa shape index (κ2) is 6.81. The van der Waals surface area contributed by atoms with Crippen LogP contribution >= 0.6 is 0 Å². The summed E-state index contributed by atoms with van der Waals surface area (Å²) in [5.74, 6) is 0.567. The summed E-state index contributed by atoms with van der Waals surface area (Å²) < 4.78 is 2.21. The van der Waals surface area contributed by atoms with Crippen LogP contribution in [0.4, 0.5) is 0 Å². The summed E-state index contributed by atoms with van der Waals surface area (Å²) >= 11 is 0. The highest BCUT2D eigenvalue weighted by Gasteiger charge is 2.39. The van der Waals surface area contributed by atoms with Gasteiger partial charge in [0, 0.05) is 42.3 Å². The molecule has 1 saturated heterocycles. The monoisotopic (exact) mass is 343 g/mol. The Labute approximate surface area is 149 Å². The Morgan fingerprint density at radius 2 is 2.08 bits per heavy atom. The van der Waals surface area contributed by atoms with E-state index in [1.165, 1.54) is 0 Å². The Morgan fingerprint density at radius 3 is 2.76 bits per heavy atom. The van der Waals surface area contributed by atoms with Gasteiger partial charge in [-0.15, -0.1) is 0 Å². The van der Waals surface area contributed by atoms with E-state index in [1.54, 1.807) is 4.90 Å². The molecule has 0 bridgehead atoms. The Morgan fingerprint density at radius 1 is 1.32 bits per heavy atom. The molecule has 1 amide bonds. The van der Waals surface area contributed by atoms with Crippen LogP contribution in [0, 0.1) is 5.92 Å². The van der Waals surface area contributed by atoms with Crippen molar-refractivity contribution in [1.29, 1.82) is 0 Å².